The third-order valence-electron chi connectivity index (χ3n) is 5.11. The molecule has 0 spiro atoms. The van der Waals surface area contributed by atoms with Gasteiger partial charge in [0.2, 0.25) is 0 Å². The van der Waals surface area contributed by atoms with Crippen molar-refractivity contribution in [1.82, 2.24) is 19.5 Å². The summed E-state index contributed by atoms with van der Waals surface area (Å²) >= 11 is 6.65. The highest BCUT2D eigenvalue weighted by molar-refractivity contribution is 6.33. The molecule has 1 aromatic carbocycles. The van der Waals surface area contributed by atoms with E-state index in [9.17, 15) is 4.79 Å². The maximum Gasteiger partial charge on any atom is 0.260 e. The lowest BCUT2D eigenvalue weighted by molar-refractivity contribution is 0.133. The van der Waals surface area contributed by atoms with Crippen LogP contribution in [0.15, 0.2) is 53.5 Å². The minimum atomic E-state index is -0.185. The fraction of sp³-hybridized carbons (Fsp3) is 0.250. The molecule has 0 amide bonds. The van der Waals surface area contributed by atoms with Gasteiger partial charge in [0.1, 0.15) is 11.5 Å². The van der Waals surface area contributed by atoms with Crippen LogP contribution in [0.1, 0.15) is 11.5 Å². The topological polar surface area (TPSA) is 95.9 Å². The van der Waals surface area contributed by atoms with E-state index in [4.69, 9.17) is 22.1 Å². The summed E-state index contributed by atoms with van der Waals surface area (Å²) in [5, 5.41) is 1.23. The smallest absolute Gasteiger partial charge is 0.260 e. The van der Waals surface area contributed by atoms with Gasteiger partial charge in [0, 0.05) is 45.5 Å². The minimum absolute atomic E-state index is 0.185. The van der Waals surface area contributed by atoms with Crippen molar-refractivity contribution in [2.45, 2.75) is 20.4 Å². The first-order chi connectivity index (χ1) is 15.5. The zero-order chi connectivity index (χ0) is 22.7. The van der Waals surface area contributed by atoms with E-state index in [1.165, 1.54) is 0 Å². The van der Waals surface area contributed by atoms with Gasteiger partial charge in [-0.25, -0.2) is 9.97 Å². The molecule has 8 heteroatoms. The van der Waals surface area contributed by atoms with Crippen LogP contribution in [0.3, 0.4) is 0 Å². The largest absolute Gasteiger partial charge is 0.378 e. The van der Waals surface area contributed by atoms with E-state index < -0.39 is 0 Å². The Bertz CT molecular complexity index is 1340. The lowest BCUT2D eigenvalue weighted by atomic mass is 10.0. The van der Waals surface area contributed by atoms with Crippen molar-refractivity contribution in [3.8, 4) is 22.4 Å². The zero-order valence-corrected chi connectivity index (χ0v) is 18.8. The third-order valence-corrected chi connectivity index (χ3v) is 5.42. The average molecular weight is 450 g/mol. The van der Waals surface area contributed by atoms with Crippen molar-refractivity contribution < 1.29 is 4.74 Å². The quantitative estimate of drug-likeness (QED) is 0.431. The second kappa shape index (κ2) is 9.56. The molecule has 0 radical (unpaired) electrons. The van der Waals surface area contributed by atoms with Crippen LogP contribution >= 0.6 is 11.6 Å². The van der Waals surface area contributed by atoms with E-state index >= 15 is 0 Å². The summed E-state index contributed by atoms with van der Waals surface area (Å²) in [6.45, 7) is 5.29. The Kier molecular flexibility index (Phi) is 6.60. The van der Waals surface area contributed by atoms with Crippen LogP contribution in [0.2, 0.25) is 5.02 Å². The maximum absolute atomic E-state index is 13.5. The molecule has 7 nitrogen and oxygen atoms in total. The van der Waals surface area contributed by atoms with Crippen LogP contribution in [0.25, 0.3) is 33.4 Å². The van der Waals surface area contributed by atoms with Crippen molar-refractivity contribution in [3.63, 3.8) is 0 Å². The molecule has 0 aliphatic heterocycles. The summed E-state index contributed by atoms with van der Waals surface area (Å²) in [4.78, 5) is 26.8. The van der Waals surface area contributed by atoms with Gasteiger partial charge in [-0.05, 0) is 38.1 Å². The Labute approximate surface area is 190 Å². The van der Waals surface area contributed by atoms with Gasteiger partial charge < -0.3 is 10.5 Å². The van der Waals surface area contributed by atoms with Crippen molar-refractivity contribution in [2.75, 3.05) is 19.8 Å². The first-order valence-electron chi connectivity index (χ1n) is 10.4. The van der Waals surface area contributed by atoms with Gasteiger partial charge in [0.25, 0.3) is 5.56 Å². The molecule has 0 bridgehead atoms. The first kappa shape index (κ1) is 22.1. The van der Waals surface area contributed by atoms with E-state index in [1.54, 1.807) is 23.8 Å². The summed E-state index contributed by atoms with van der Waals surface area (Å²) in [7, 11) is 0. The Morgan fingerprint density at radius 3 is 2.66 bits per heavy atom. The number of hydrogen-bond donors (Lipinski definition) is 1. The summed E-state index contributed by atoms with van der Waals surface area (Å²) < 4.78 is 7.12. The standard InChI is InChI=1S/C24H24ClN5O2/c1-15-4-3-5-22(28-15)17-6-7-19(21(25)13-17)20-12-18-14-27-16(2)29-23(18)30(24(20)31)9-11-32-10-8-26/h3-7,12-14H,8-11,26H2,1-2H3. The van der Waals surface area contributed by atoms with E-state index in [0.29, 0.717) is 53.9 Å². The van der Waals surface area contributed by atoms with E-state index in [1.807, 2.05) is 43.3 Å². The van der Waals surface area contributed by atoms with Crippen molar-refractivity contribution in [1.29, 1.82) is 0 Å². The Morgan fingerprint density at radius 1 is 1.06 bits per heavy atom. The monoisotopic (exact) mass is 449 g/mol. The normalized spacial score (nSPS) is 11.2. The summed E-state index contributed by atoms with van der Waals surface area (Å²) in [6, 6.07) is 13.2. The molecular weight excluding hydrogens is 426 g/mol. The van der Waals surface area contributed by atoms with Gasteiger partial charge in [-0.1, -0.05) is 29.8 Å². The van der Waals surface area contributed by atoms with Crippen LogP contribution in [-0.2, 0) is 11.3 Å². The second-order valence-corrected chi connectivity index (χ2v) is 7.88. The van der Waals surface area contributed by atoms with Crippen molar-refractivity contribution >= 4 is 22.6 Å². The molecule has 3 aromatic heterocycles. The molecule has 4 rings (SSSR count). The second-order valence-electron chi connectivity index (χ2n) is 7.47. The highest BCUT2D eigenvalue weighted by Gasteiger charge is 2.16. The fourth-order valence-electron chi connectivity index (χ4n) is 3.58. The third kappa shape index (κ3) is 4.55. The van der Waals surface area contributed by atoms with Crippen LogP contribution in [-0.4, -0.2) is 39.3 Å². The SMILES string of the molecule is Cc1cccc(-c2ccc(-c3cc4cnc(C)nc4n(CCOCCN)c3=O)c(Cl)c2)n1. The number of rotatable bonds is 7. The number of ether oxygens (including phenoxy) is 1. The van der Waals surface area contributed by atoms with Crippen LogP contribution in [0.5, 0.6) is 0 Å². The van der Waals surface area contributed by atoms with E-state index in [-0.39, 0.29) is 5.56 Å². The molecule has 0 unspecified atom stereocenters. The number of fused-ring (bicyclic) bond motifs is 1. The Balaban J connectivity index is 1.81. The lowest BCUT2D eigenvalue weighted by Gasteiger charge is -2.14. The molecule has 164 valence electrons. The number of hydrogen-bond acceptors (Lipinski definition) is 6. The molecule has 0 aliphatic rings. The number of halogens is 1. The summed E-state index contributed by atoms with van der Waals surface area (Å²) in [5.41, 5.74) is 9.65. The number of aromatic nitrogens is 4. The van der Waals surface area contributed by atoms with Gasteiger partial charge in [0.15, 0.2) is 0 Å². The van der Waals surface area contributed by atoms with Gasteiger partial charge in [-0.15, -0.1) is 0 Å². The van der Waals surface area contributed by atoms with Crippen LogP contribution in [0, 0.1) is 13.8 Å². The molecule has 0 aliphatic carbocycles. The highest BCUT2D eigenvalue weighted by Crippen LogP contribution is 2.31. The molecule has 32 heavy (non-hydrogen) atoms. The molecule has 4 aromatic rings. The molecule has 0 saturated carbocycles. The highest BCUT2D eigenvalue weighted by atomic mass is 35.5. The average Bonchev–Trinajstić information content (AvgIpc) is 2.78. The zero-order valence-electron chi connectivity index (χ0n) is 18.0. The predicted octanol–water partition coefficient (Wildman–Crippen LogP) is 3.77. The van der Waals surface area contributed by atoms with Gasteiger partial charge in [0.05, 0.1) is 25.5 Å². The number of benzene rings is 1. The lowest BCUT2D eigenvalue weighted by Crippen LogP contribution is -2.26. The van der Waals surface area contributed by atoms with Gasteiger partial charge >= 0.3 is 0 Å². The van der Waals surface area contributed by atoms with Crippen molar-refractivity contribution in [2.24, 2.45) is 5.73 Å². The molecular formula is C24H24ClN5O2. The molecule has 2 N–H and O–H groups in total. The minimum Gasteiger partial charge on any atom is -0.378 e. The van der Waals surface area contributed by atoms with Crippen molar-refractivity contribution in [3.05, 3.63) is 75.6 Å². The first-order valence-corrected chi connectivity index (χ1v) is 10.7. The number of nitrogens with two attached hydrogens (primary N) is 1. The Morgan fingerprint density at radius 2 is 1.91 bits per heavy atom. The van der Waals surface area contributed by atoms with Gasteiger partial charge in [-0.3, -0.25) is 14.3 Å². The summed E-state index contributed by atoms with van der Waals surface area (Å²) in [6.07, 6.45) is 1.72. The molecule has 3 heterocycles. The number of aryl methyl sites for hydroxylation is 2. The molecule has 0 fully saturated rings. The van der Waals surface area contributed by atoms with E-state index in [2.05, 4.69) is 15.0 Å². The van der Waals surface area contributed by atoms with E-state index in [0.717, 1.165) is 22.3 Å². The number of pyridine rings is 2. The van der Waals surface area contributed by atoms with Crippen LogP contribution in [0.4, 0.5) is 0 Å². The summed E-state index contributed by atoms with van der Waals surface area (Å²) in [5.74, 6) is 0.592. The van der Waals surface area contributed by atoms with Gasteiger partial charge in [-0.2, -0.15) is 0 Å². The predicted molar refractivity (Wildman–Crippen MR) is 127 cm³/mol. The molecule has 0 saturated heterocycles. The van der Waals surface area contributed by atoms with Crippen LogP contribution < -0.4 is 11.3 Å². The molecule has 0 atom stereocenters. The maximum atomic E-state index is 13.5. The fourth-order valence-corrected chi connectivity index (χ4v) is 3.86. The Hall–Kier alpha value is -3.13. The number of nitrogens with zero attached hydrogens (tertiary/aromatic N) is 4.